The molecule has 3 rings (SSSR count). The monoisotopic (exact) mass is 460 g/mol. The van der Waals surface area contributed by atoms with Gasteiger partial charge in [-0.25, -0.2) is 8.42 Å². The predicted octanol–water partition coefficient (Wildman–Crippen LogP) is 4.83. The average Bonchev–Trinajstić information content (AvgIpc) is 3.24. The number of nitrogens with one attached hydrogen (secondary N) is 2. The smallest absolute Gasteiger partial charge is 0.261 e. The number of thiophene rings is 1. The lowest BCUT2D eigenvalue weighted by molar-refractivity contribution is 0.0956. The minimum absolute atomic E-state index is 0.117. The van der Waals surface area contributed by atoms with E-state index in [4.69, 9.17) is 0 Å². The molecule has 0 aliphatic rings. The van der Waals surface area contributed by atoms with Gasteiger partial charge in [-0.05, 0) is 77.7 Å². The van der Waals surface area contributed by atoms with Crippen LogP contribution in [-0.4, -0.2) is 26.6 Å². The fourth-order valence-electron chi connectivity index (χ4n) is 2.75. The van der Waals surface area contributed by atoms with Crippen molar-refractivity contribution in [3.63, 3.8) is 0 Å². The molecule has 0 fully saturated rings. The number of thioether (sulfide) groups is 1. The summed E-state index contributed by atoms with van der Waals surface area (Å²) in [4.78, 5) is 12.4. The van der Waals surface area contributed by atoms with Crippen molar-refractivity contribution >= 4 is 44.7 Å². The van der Waals surface area contributed by atoms with Crippen molar-refractivity contribution in [3.05, 3.63) is 81.5 Å². The van der Waals surface area contributed by atoms with E-state index < -0.39 is 10.0 Å². The number of benzene rings is 2. The lowest BCUT2D eigenvalue weighted by Gasteiger charge is -2.12. The molecule has 8 heteroatoms. The number of anilines is 1. The maximum Gasteiger partial charge on any atom is 0.261 e. The van der Waals surface area contributed by atoms with Crippen molar-refractivity contribution in [2.75, 3.05) is 17.0 Å². The zero-order valence-electron chi connectivity index (χ0n) is 16.8. The lowest BCUT2D eigenvalue weighted by Crippen LogP contribution is -2.25. The van der Waals surface area contributed by atoms with E-state index in [9.17, 15) is 13.2 Å². The van der Waals surface area contributed by atoms with E-state index in [0.29, 0.717) is 17.8 Å². The number of carbonyl (C=O) groups excluding carboxylic acids is 1. The molecular weight excluding hydrogens is 436 g/mol. The van der Waals surface area contributed by atoms with E-state index in [0.717, 1.165) is 22.6 Å². The van der Waals surface area contributed by atoms with Crippen LogP contribution in [0.3, 0.4) is 0 Å². The van der Waals surface area contributed by atoms with Gasteiger partial charge in [0.15, 0.2) is 0 Å². The molecule has 0 radical (unpaired) electrons. The van der Waals surface area contributed by atoms with Crippen LogP contribution in [0.15, 0.2) is 64.2 Å². The maximum atomic E-state index is 12.7. The zero-order chi connectivity index (χ0) is 21.6. The van der Waals surface area contributed by atoms with Crippen LogP contribution in [0.25, 0.3) is 0 Å². The van der Waals surface area contributed by atoms with Crippen LogP contribution in [0.1, 0.15) is 27.0 Å². The first-order chi connectivity index (χ1) is 14.4. The maximum absolute atomic E-state index is 12.7. The molecule has 5 nitrogen and oxygen atoms in total. The Morgan fingerprint density at radius 3 is 2.53 bits per heavy atom. The highest BCUT2D eigenvalue weighted by molar-refractivity contribution is 7.98. The number of rotatable bonds is 9. The van der Waals surface area contributed by atoms with E-state index in [1.54, 1.807) is 29.2 Å². The molecule has 2 aromatic carbocycles. The number of hydrogen-bond donors (Lipinski definition) is 2. The number of hydrogen-bond acceptors (Lipinski definition) is 5. The first-order valence-electron chi connectivity index (χ1n) is 9.43. The topological polar surface area (TPSA) is 75.3 Å². The van der Waals surface area contributed by atoms with Crippen molar-refractivity contribution in [1.29, 1.82) is 0 Å². The van der Waals surface area contributed by atoms with Crippen LogP contribution in [0.2, 0.25) is 0 Å². The van der Waals surface area contributed by atoms with Gasteiger partial charge in [0.05, 0.1) is 10.6 Å². The molecule has 0 aliphatic carbocycles. The molecule has 3 aromatic rings. The number of carbonyl (C=O) groups is 1. The Morgan fingerprint density at radius 2 is 1.83 bits per heavy atom. The molecular formula is C22H24N2O3S3. The zero-order valence-corrected chi connectivity index (χ0v) is 19.3. The van der Waals surface area contributed by atoms with Crippen molar-refractivity contribution < 1.29 is 13.2 Å². The Bertz CT molecular complexity index is 1090. The second-order valence-electron chi connectivity index (χ2n) is 6.82. The molecule has 0 aliphatic heterocycles. The fraction of sp³-hybridized carbons (Fsp3) is 0.227. The summed E-state index contributed by atoms with van der Waals surface area (Å²) in [5.74, 6) is 1.53. The third-order valence-electron chi connectivity index (χ3n) is 4.66. The van der Waals surface area contributed by atoms with E-state index in [1.165, 1.54) is 29.8 Å². The Hall–Kier alpha value is -2.29. The Kier molecular flexibility index (Phi) is 7.58. The highest BCUT2D eigenvalue weighted by Crippen LogP contribution is 2.22. The van der Waals surface area contributed by atoms with Crippen molar-refractivity contribution in [2.45, 2.75) is 24.5 Å². The van der Waals surface area contributed by atoms with E-state index >= 15 is 0 Å². The summed E-state index contributed by atoms with van der Waals surface area (Å²) in [6, 6.07) is 13.5. The molecule has 0 saturated carbocycles. The van der Waals surface area contributed by atoms with Crippen LogP contribution in [0.4, 0.5) is 5.69 Å². The third kappa shape index (κ3) is 5.87. The third-order valence-corrected chi connectivity index (χ3v) is 7.80. The van der Waals surface area contributed by atoms with Gasteiger partial charge in [-0.15, -0.1) is 0 Å². The highest BCUT2D eigenvalue weighted by Gasteiger charge is 2.16. The van der Waals surface area contributed by atoms with Crippen LogP contribution in [0.5, 0.6) is 0 Å². The molecule has 0 atom stereocenters. The quantitative estimate of drug-likeness (QED) is 0.449. The van der Waals surface area contributed by atoms with E-state index in [2.05, 4.69) is 26.9 Å². The van der Waals surface area contributed by atoms with Gasteiger partial charge < -0.3 is 5.32 Å². The standard InChI is InChI=1S/C22H24N2O3S3/c1-16-4-3-5-21(17(16)2)24-30(26,27)20-8-6-19(7-9-20)22(25)23-11-13-29-15-18-10-12-28-14-18/h3-10,12,14,24H,11,13,15H2,1-2H3,(H,23,25). The van der Waals surface area contributed by atoms with Gasteiger partial charge in [-0.1, -0.05) is 12.1 Å². The molecule has 30 heavy (non-hydrogen) atoms. The summed E-state index contributed by atoms with van der Waals surface area (Å²) in [7, 11) is -3.73. The number of aryl methyl sites for hydroxylation is 1. The van der Waals surface area contributed by atoms with E-state index in [1.807, 2.05) is 26.0 Å². The molecule has 0 unspecified atom stereocenters. The first kappa shape index (κ1) is 22.4. The van der Waals surface area contributed by atoms with Crippen molar-refractivity contribution in [2.24, 2.45) is 0 Å². The van der Waals surface area contributed by atoms with Gasteiger partial charge in [-0.2, -0.15) is 23.1 Å². The SMILES string of the molecule is Cc1cccc(NS(=O)(=O)c2ccc(C(=O)NCCSCc3ccsc3)cc2)c1C. The molecule has 0 spiro atoms. The minimum atomic E-state index is -3.73. The number of sulfonamides is 1. The van der Waals surface area contributed by atoms with Gasteiger partial charge in [0.1, 0.15) is 0 Å². The fourth-order valence-corrected chi connectivity index (χ4v) is 5.46. The summed E-state index contributed by atoms with van der Waals surface area (Å²) in [6.45, 7) is 4.36. The lowest BCUT2D eigenvalue weighted by atomic mass is 10.1. The molecule has 2 N–H and O–H groups in total. The van der Waals surface area contributed by atoms with E-state index in [-0.39, 0.29) is 10.8 Å². The van der Waals surface area contributed by atoms with Gasteiger partial charge in [0.2, 0.25) is 0 Å². The molecule has 1 aromatic heterocycles. The summed E-state index contributed by atoms with van der Waals surface area (Å²) < 4.78 is 28.0. The molecule has 0 saturated heterocycles. The second kappa shape index (κ2) is 10.1. The molecule has 158 valence electrons. The highest BCUT2D eigenvalue weighted by atomic mass is 32.2. The van der Waals surface area contributed by atoms with Gasteiger partial charge in [0, 0.05) is 23.6 Å². The Morgan fingerprint density at radius 1 is 1.07 bits per heavy atom. The Balaban J connectivity index is 1.54. The average molecular weight is 461 g/mol. The summed E-state index contributed by atoms with van der Waals surface area (Å²) >= 11 is 3.44. The molecule has 0 bridgehead atoms. The van der Waals surface area contributed by atoms with Crippen LogP contribution >= 0.6 is 23.1 Å². The minimum Gasteiger partial charge on any atom is -0.351 e. The van der Waals surface area contributed by atoms with Crippen molar-refractivity contribution in [1.82, 2.24) is 5.32 Å². The van der Waals surface area contributed by atoms with Gasteiger partial charge in [0.25, 0.3) is 15.9 Å². The summed E-state index contributed by atoms with van der Waals surface area (Å²) in [5.41, 5.74) is 4.17. The Labute approximate surface area is 186 Å². The molecule has 1 amide bonds. The predicted molar refractivity (Wildman–Crippen MR) is 126 cm³/mol. The van der Waals surface area contributed by atoms with Crippen LogP contribution in [-0.2, 0) is 15.8 Å². The number of amides is 1. The van der Waals surface area contributed by atoms with Gasteiger partial charge in [-0.3, -0.25) is 9.52 Å². The van der Waals surface area contributed by atoms with Gasteiger partial charge >= 0.3 is 0 Å². The molecule has 1 heterocycles. The summed E-state index contributed by atoms with van der Waals surface area (Å²) in [5, 5.41) is 7.04. The summed E-state index contributed by atoms with van der Waals surface area (Å²) in [6.07, 6.45) is 0. The van der Waals surface area contributed by atoms with Crippen LogP contribution < -0.4 is 10.0 Å². The van der Waals surface area contributed by atoms with Crippen molar-refractivity contribution in [3.8, 4) is 0 Å². The largest absolute Gasteiger partial charge is 0.351 e. The normalized spacial score (nSPS) is 11.3. The second-order valence-corrected chi connectivity index (χ2v) is 10.4. The van der Waals surface area contributed by atoms with Crippen LogP contribution in [0, 0.1) is 13.8 Å². The first-order valence-corrected chi connectivity index (χ1v) is 13.0.